The van der Waals surface area contributed by atoms with Gasteiger partial charge in [-0.25, -0.2) is 0 Å². The molecule has 2 aromatic rings. The fourth-order valence-corrected chi connectivity index (χ4v) is 2.69. The Bertz CT molecular complexity index is 826. The van der Waals surface area contributed by atoms with Crippen LogP contribution in [0.3, 0.4) is 0 Å². The number of nitrogen functional groups attached to an aromatic ring is 1. The van der Waals surface area contributed by atoms with E-state index in [0.29, 0.717) is 5.69 Å². The molecule has 0 aliphatic carbocycles. The molecule has 2 amide bonds. The number of pyridine rings is 1. The lowest BCUT2D eigenvalue weighted by molar-refractivity contribution is 0.0880. The van der Waals surface area contributed by atoms with Crippen molar-refractivity contribution in [2.75, 3.05) is 5.73 Å². The monoisotopic (exact) mass is 381 g/mol. The van der Waals surface area contributed by atoms with Gasteiger partial charge in [-0.15, -0.1) is 0 Å². The second-order valence-corrected chi connectivity index (χ2v) is 5.50. The van der Waals surface area contributed by atoms with Gasteiger partial charge in [-0.2, -0.15) is 0 Å². The van der Waals surface area contributed by atoms with E-state index in [1.807, 2.05) is 6.07 Å². The Kier molecular flexibility index (Phi) is 2.85. The molecule has 0 saturated carbocycles. The number of carbonyl (C=O) groups excluding carboxylic acids is 2. The lowest BCUT2D eigenvalue weighted by atomic mass is 10.1. The second-order valence-electron chi connectivity index (χ2n) is 4.26. The standard InChI is InChI=1S/C13H8IN3O3/c14-6-2-1-3-7(4-6)17-9(18)5-8-10(11(17)15)13(20)16-12(8)19/h1-5H,15H2,(H,16,19,20). The molecule has 7 heteroatoms. The molecule has 3 rings (SSSR count). The first-order valence-electron chi connectivity index (χ1n) is 5.66. The summed E-state index contributed by atoms with van der Waals surface area (Å²) in [5.74, 6) is -1.21. The number of amides is 2. The summed E-state index contributed by atoms with van der Waals surface area (Å²) >= 11 is 2.11. The molecule has 3 N–H and O–H groups in total. The van der Waals surface area contributed by atoms with Crippen molar-refractivity contribution in [2.45, 2.75) is 0 Å². The highest BCUT2D eigenvalue weighted by atomic mass is 127. The van der Waals surface area contributed by atoms with Crippen LogP contribution in [-0.2, 0) is 0 Å². The Morgan fingerprint density at radius 2 is 1.85 bits per heavy atom. The van der Waals surface area contributed by atoms with Crippen molar-refractivity contribution in [1.82, 2.24) is 9.88 Å². The summed E-state index contributed by atoms with van der Waals surface area (Å²) in [5.41, 5.74) is 6.09. The largest absolute Gasteiger partial charge is 0.384 e. The molecule has 0 spiro atoms. The van der Waals surface area contributed by atoms with Crippen LogP contribution in [-0.4, -0.2) is 16.4 Å². The Labute approximate surface area is 126 Å². The zero-order valence-electron chi connectivity index (χ0n) is 10.0. The molecule has 6 nitrogen and oxygen atoms in total. The number of rotatable bonds is 1. The van der Waals surface area contributed by atoms with Gasteiger partial charge < -0.3 is 5.73 Å². The van der Waals surface area contributed by atoms with Gasteiger partial charge in [-0.05, 0) is 40.8 Å². The number of nitrogens with one attached hydrogen (secondary N) is 1. The zero-order chi connectivity index (χ0) is 14.4. The first kappa shape index (κ1) is 12.9. The molecule has 0 fully saturated rings. The second kappa shape index (κ2) is 4.44. The fraction of sp³-hybridized carbons (Fsp3) is 0. The maximum Gasteiger partial charge on any atom is 0.262 e. The number of nitrogens with zero attached hydrogens (tertiary/aromatic N) is 1. The average Bonchev–Trinajstić information content (AvgIpc) is 2.64. The highest BCUT2D eigenvalue weighted by Gasteiger charge is 2.31. The van der Waals surface area contributed by atoms with E-state index in [4.69, 9.17) is 5.73 Å². The van der Waals surface area contributed by atoms with Crippen LogP contribution in [0.1, 0.15) is 20.7 Å². The van der Waals surface area contributed by atoms with Crippen LogP contribution >= 0.6 is 22.6 Å². The van der Waals surface area contributed by atoms with Gasteiger partial charge in [0.2, 0.25) is 0 Å². The third-order valence-corrected chi connectivity index (χ3v) is 3.69. The fourth-order valence-electron chi connectivity index (χ4n) is 2.16. The maximum atomic E-state index is 12.2. The Hall–Kier alpha value is -2.16. The van der Waals surface area contributed by atoms with Crippen molar-refractivity contribution in [2.24, 2.45) is 0 Å². The number of fused-ring (bicyclic) bond motifs is 1. The molecule has 2 heterocycles. The predicted molar refractivity (Wildman–Crippen MR) is 81.0 cm³/mol. The van der Waals surface area contributed by atoms with E-state index in [1.54, 1.807) is 18.2 Å². The van der Waals surface area contributed by atoms with Crippen LogP contribution in [0, 0.1) is 3.57 Å². The molecule has 1 aliphatic rings. The van der Waals surface area contributed by atoms with Crippen LogP contribution in [0.15, 0.2) is 35.1 Å². The number of halogens is 1. The third kappa shape index (κ3) is 1.82. The molecule has 1 aromatic heterocycles. The first-order valence-corrected chi connectivity index (χ1v) is 6.74. The van der Waals surface area contributed by atoms with Crippen molar-refractivity contribution < 1.29 is 9.59 Å². The average molecular weight is 381 g/mol. The van der Waals surface area contributed by atoms with Gasteiger partial charge in [0.15, 0.2) is 0 Å². The van der Waals surface area contributed by atoms with Crippen LogP contribution in [0.5, 0.6) is 0 Å². The number of benzene rings is 1. The quantitative estimate of drug-likeness (QED) is 0.567. The minimum absolute atomic E-state index is 0.0272. The molecular formula is C13H8IN3O3. The summed E-state index contributed by atoms with van der Waals surface area (Å²) < 4.78 is 2.14. The number of nitrogens with two attached hydrogens (primary N) is 1. The lowest BCUT2D eigenvalue weighted by Crippen LogP contribution is -2.24. The van der Waals surface area contributed by atoms with Gasteiger partial charge in [0.1, 0.15) is 5.82 Å². The molecule has 0 unspecified atom stereocenters. The molecule has 0 radical (unpaired) electrons. The molecule has 0 atom stereocenters. The topological polar surface area (TPSA) is 94.2 Å². The van der Waals surface area contributed by atoms with E-state index >= 15 is 0 Å². The molecule has 20 heavy (non-hydrogen) atoms. The number of carbonyl (C=O) groups is 2. The number of aromatic nitrogens is 1. The summed E-state index contributed by atoms with van der Waals surface area (Å²) in [6.45, 7) is 0. The molecule has 1 aromatic carbocycles. The summed E-state index contributed by atoms with van der Waals surface area (Å²) in [5, 5.41) is 2.13. The van der Waals surface area contributed by atoms with Gasteiger partial charge in [-0.1, -0.05) is 6.07 Å². The zero-order valence-corrected chi connectivity index (χ0v) is 12.2. The molecular weight excluding hydrogens is 373 g/mol. The van der Waals surface area contributed by atoms with E-state index in [1.165, 1.54) is 4.57 Å². The van der Waals surface area contributed by atoms with E-state index in [2.05, 4.69) is 27.9 Å². The molecule has 100 valence electrons. The normalized spacial score (nSPS) is 13.2. The summed E-state index contributed by atoms with van der Waals surface area (Å²) in [6, 6.07) is 8.25. The van der Waals surface area contributed by atoms with Crippen LogP contribution < -0.4 is 16.6 Å². The van der Waals surface area contributed by atoms with Gasteiger partial charge >= 0.3 is 0 Å². The van der Waals surface area contributed by atoms with E-state index in [0.717, 1.165) is 9.64 Å². The predicted octanol–water partition coefficient (Wildman–Crippen LogP) is 0.908. The van der Waals surface area contributed by atoms with Crippen molar-refractivity contribution in [1.29, 1.82) is 0 Å². The van der Waals surface area contributed by atoms with Gasteiger partial charge in [0.25, 0.3) is 17.4 Å². The van der Waals surface area contributed by atoms with Crippen LogP contribution in [0.25, 0.3) is 5.69 Å². The summed E-state index contributed by atoms with van der Waals surface area (Å²) in [6.07, 6.45) is 0. The smallest absolute Gasteiger partial charge is 0.262 e. The Morgan fingerprint density at radius 3 is 2.55 bits per heavy atom. The van der Waals surface area contributed by atoms with Gasteiger partial charge in [0, 0.05) is 9.64 Å². The van der Waals surface area contributed by atoms with Crippen LogP contribution in [0.2, 0.25) is 0 Å². The van der Waals surface area contributed by atoms with Crippen molar-refractivity contribution in [3.05, 3.63) is 55.4 Å². The minimum atomic E-state index is -0.594. The number of hydrogen-bond donors (Lipinski definition) is 2. The van der Waals surface area contributed by atoms with Crippen LogP contribution in [0.4, 0.5) is 5.82 Å². The van der Waals surface area contributed by atoms with E-state index < -0.39 is 17.4 Å². The van der Waals surface area contributed by atoms with E-state index in [-0.39, 0.29) is 16.9 Å². The number of hydrogen-bond acceptors (Lipinski definition) is 4. The number of anilines is 1. The van der Waals surface area contributed by atoms with E-state index in [9.17, 15) is 14.4 Å². The van der Waals surface area contributed by atoms with Crippen molar-refractivity contribution in [3.63, 3.8) is 0 Å². The number of imide groups is 1. The molecule has 1 aliphatic heterocycles. The Balaban J connectivity index is 2.35. The van der Waals surface area contributed by atoms with Crippen molar-refractivity contribution in [3.8, 4) is 5.69 Å². The third-order valence-electron chi connectivity index (χ3n) is 3.02. The SMILES string of the molecule is Nc1c2c(cc(=O)n1-c1cccc(I)c1)C(=O)NC2=O. The molecule has 0 bridgehead atoms. The highest BCUT2D eigenvalue weighted by Crippen LogP contribution is 2.23. The van der Waals surface area contributed by atoms with Crippen molar-refractivity contribution >= 4 is 40.2 Å². The summed E-state index contributed by atoms with van der Waals surface area (Å²) in [4.78, 5) is 35.4. The minimum Gasteiger partial charge on any atom is -0.384 e. The summed E-state index contributed by atoms with van der Waals surface area (Å²) in [7, 11) is 0. The first-order chi connectivity index (χ1) is 9.49. The Morgan fingerprint density at radius 1 is 1.10 bits per heavy atom. The molecule has 0 saturated heterocycles. The van der Waals surface area contributed by atoms with Gasteiger partial charge in [-0.3, -0.25) is 24.3 Å². The van der Waals surface area contributed by atoms with Gasteiger partial charge in [0.05, 0.1) is 16.8 Å². The highest BCUT2D eigenvalue weighted by molar-refractivity contribution is 14.1. The lowest BCUT2D eigenvalue weighted by Gasteiger charge is -2.11. The maximum absolute atomic E-state index is 12.2.